The van der Waals surface area contributed by atoms with E-state index in [1.807, 2.05) is 6.08 Å². The van der Waals surface area contributed by atoms with Gasteiger partial charge in [-0.25, -0.2) is 0 Å². The van der Waals surface area contributed by atoms with Crippen molar-refractivity contribution < 1.29 is 0 Å². The maximum atomic E-state index is 9.40. The van der Waals surface area contributed by atoms with Gasteiger partial charge >= 0.3 is 0 Å². The Bertz CT molecular complexity index is 482. The van der Waals surface area contributed by atoms with E-state index in [-0.39, 0.29) is 16.7 Å². The molecule has 2 rings (SSSR count). The molecule has 0 aromatic carbocycles. The van der Waals surface area contributed by atoms with Gasteiger partial charge in [0.25, 0.3) is 0 Å². The number of nitrogens with zero attached hydrogens (tertiary/aromatic N) is 2. The van der Waals surface area contributed by atoms with Crippen molar-refractivity contribution >= 4 is 0 Å². The number of rotatable bonds is 0. The maximum Gasteiger partial charge on any atom is 0.0961 e. The normalized spacial score (nSPS) is 34.8. The molecule has 17 heavy (non-hydrogen) atoms. The second-order valence-corrected chi connectivity index (χ2v) is 6.03. The Balaban J connectivity index is 2.58. The monoisotopic (exact) mass is 226 g/mol. The zero-order valence-corrected chi connectivity index (χ0v) is 10.7. The fourth-order valence-corrected chi connectivity index (χ4v) is 3.58. The van der Waals surface area contributed by atoms with Crippen LogP contribution in [0.5, 0.6) is 0 Å². The van der Waals surface area contributed by atoms with Crippen LogP contribution in [0.15, 0.2) is 23.3 Å². The molecule has 88 valence electrons. The predicted molar refractivity (Wildman–Crippen MR) is 66.6 cm³/mol. The minimum absolute atomic E-state index is 0.143. The number of hydrogen-bond donors (Lipinski definition) is 0. The standard InChI is InChI=1S/C15H18N2/c1-14(2)7-4-8-15(3)12(10-17)11(9-16)5-6-13(14)15/h5-6,12H,4,7-8H2,1-3H3/t12-,15+/m0/s1. The Morgan fingerprint density at radius 3 is 2.47 bits per heavy atom. The molecular weight excluding hydrogens is 208 g/mol. The van der Waals surface area contributed by atoms with E-state index in [2.05, 4.69) is 39.0 Å². The first-order chi connectivity index (χ1) is 7.95. The van der Waals surface area contributed by atoms with Crippen LogP contribution in [0, 0.1) is 39.4 Å². The Morgan fingerprint density at radius 2 is 1.88 bits per heavy atom. The number of fused-ring (bicyclic) bond motifs is 1. The van der Waals surface area contributed by atoms with Gasteiger partial charge in [0.2, 0.25) is 0 Å². The van der Waals surface area contributed by atoms with Gasteiger partial charge in [-0.2, -0.15) is 10.5 Å². The van der Waals surface area contributed by atoms with Crippen LogP contribution in [-0.2, 0) is 0 Å². The third-order valence-corrected chi connectivity index (χ3v) is 4.48. The van der Waals surface area contributed by atoms with Crippen molar-refractivity contribution in [2.75, 3.05) is 0 Å². The molecule has 0 aliphatic heterocycles. The maximum absolute atomic E-state index is 9.40. The van der Waals surface area contributed by atoms with Crippen LogP contribution in [0.1, 0.15) is 40.0 Å². The van der Waals surface area contributed by atoms with Crippen molar-refractivity contribution in [3.05, 3.63) is 23.3 Å². The van der Waals surface area contributed by atoms with Crippen molar-refractivity contribution in [2.45, 2.75) is 40.0 Å². The lowest BCUT2D eigenvalue weighted by molar-refractivity contribution is 0.167. The third-order valence-electron chi connectivity index (χ3n) is 4.48. The minimum Gasteiger partial charge on any atom is -0.198 e. The fourth-order valence-electron chi connectivity index (χ4n) is 3.58. The molecule has 0 saturated heterocycles. The van der Waals surface area contributed by atoms with E-state index >= 15 is 0 Å². The van der Waals surface area contributed by atoms with E-state index in [0.717, 1.165) is 12.8 Å². The number of nitriles is 2. The van der Waals surface area contributed by atoms with Crippen LogP contribution in [0.25, 0.3) is 0 Å². The van der Waals surface area contributed by atoms with Crippen molar-refractivity contribution in [3.8, 4) is 12.1 Å². The van der Waals surface area contributed by atoms with Crippen molar-refractivity contribution in [1.29, 1.82) is 10.5 Å². The molecule has 0 aromatic rings. The molecule has 1 fully saturated rings. The third kappa shape index (κ3) is 1.60. The topological polar surface area (TPSA) is 47.6 Å². The highest BCUT2D eigenvalue weighted by Crippen LogP contribution is 2.57. The van der Waals surface area contributed by atoms with Gasteiger partial charge in [-0.15, -0.1) is 0 Å². The van der Waals surface area contributed by atoms with Crippen LogP contribution in [-0.4, -0.2) is 0 Å². The zero-order chi connectivity index (χ0) is 12.7. The van der Waals surface area contributed by atoms with Crippen LogP contribution in [0.3, 0.4) is 0 Å². The second kappa shape index (κ2) is 3.74. The molecule has 0 N–H and O–H groups in total. The molecule has 0 bridgehead atoms. The van der Waals surface area contributed by atoms with Gasteiger partial charge in [0.1, 0.15) is 0 Å². The van der Waals surface area contributed by atoms with Gasteiger partial charge < -0.3 is 0 Å². The van der Waals surface area contributed by atoms with Gasteiger partial charge in [-0.1, -0.05) is 38.8 Å². The molecule has 2 atom stereocenters. The Hall–Kier alpha value is -1.54. The van der Waals surface area contributed by atoms with Gasteiger partial charge in [-0.3, -0.25) is 0 Å². The van der Waals surface area contributed by atoms with E-state index in [0.29, 0.717) is 5.57 Å². The molecule has 2 heteroatoms. The molecule has 2 aliphatic rings. The van der Waals surface area contributed by atoms with Crippen LogP contribution >= 0.6 is 0 Å². The van der Waals surface area contributed by atoms with Gasteiger partial charge in [0.05, 0.1) is 18.1 Å². The van der Waals surface area contributed by atoms with Crippen molar-refractivity contribution in [1.82, 2.24) is 0 Å². The summed E-state index contributed by atoms with van der Waals surface area (Å²) >= 11 is 0. The molecule has 1 saturated carbocycles. The average molecular weight is 226 g/mol. The first kappa shape index (κ1) is 11.9. The van der Waals surface area contributed by atoms with E-state index in [1.165, 1.54) is 12.0 Å². The molecule has 0 spiro atoms. The SMILES string of the molecule is CC1(C)CCC[C@@]2(C)C1=CC=C(C#N)[C@@H]2C#N. The smallest absolute Gasteiger partial charge is 0.0961 e. The quantitative estimate of drug-likeness (QED) is 0.631. The van der Waals surface area contributed by atoms with Crippen LogP contribution in [0.2, 0.25) is 0 Å². The van der Waals surface area contributed by atoms with E-state index in [1.54, 1.807) is 0 Å². The van der Waals surface area contributed by atoms with Crippen LogP contribution < -0.4 is 0 Å². The highest BCUT2D eigenvalue weighted by Gasteiger charge is 2.48. The summed E-state index contributed by atoms with van der Waals surface area (Å²) in [6, 6.07) is 4.54. The second-order valence-electron chi connectivity index (χ2n) is 6.03. The molecule has 0 unspecified atom stereocenters. The Morgan fingerprint density at radius 1 is 1.18 bits per heavy atom. The summed E-state index contributed by atoms with van der Waals surface area (Å²) < 4.78 is 0. The van der Waals surface area contributed by atoms with Crippen molar-refractivity contribution in [2.24, 2.45) is 16.7 Å². The minimum atomic E-state index is -0.271. The number of hydrogen-bond acceptors (Lipinski definition) is 2. The molecule has 0 heterocycles. The average Bonchev–Trinajstić information content (AvgIpc) is 2.26. The highest BCUT2D eigenvalue weighted by molar-refractivity contribution is 5.45. The summed E-state index contributed by atoms with van der Waals surface area (Å²) in [5.74, 6) is -0.271. The van der Waals surface area contributed by atoms with Gasteiger partial charge in [0.15, 0.2) is 0 Å². The number of allylic oxidation sites excluding steroid dienone is 4. The Kier molecular flexibility index (Phi) is 2.63. The Labute approximate surface area is 103 Å². The van der Waals surface area contributed by atoms with Crippen LogP contribution in [0.4, 0.5) is 0 Å². The highest BCUT2D eigenvalue weighted by atomic mass is 14.5. The molecule has 2 nitrogen and oxygen atoms in total. The zero-order valence-electron chi connectivity index (χ0n) is 10.7. The van der Waals surface area contributed by atoms with Gasteiger partial charge in [0, 0.05) is 11.0 Å². The first-order valence-corrected chi connectivity index (χ1v) is 6.18. The lowest BCUT2D eigenvalue weighted by Gasteiger charge is -2.49. The summed E-state index contributed by atoms with van der Waals surface area (Å²) in [5, 5.41) is 18.5. The molecule has 0 aromatic heterocycles. The summed E-state index contributed by atoms with van der Waals surface area (Å²) in [5.41, 5.74) is 1.98. The first-order valence-electron chi connectivity index (χ1n) is 6.18. The molecule has 0 radical (unpaired) electrons. The van der Waals surface area contributed by atoms with E-state index in [4.69, 9.17) is 5.26 Å². The van der Waals surface area contributed by atoms with Crippen molar-refractivity contribution in [3.63, 3.8) is 0 Å². The molecule has 2 aliphatic carbocycles. The molecule has 0 amide bonds. The summed E-state index contributed by atoms with van der Waals surface area (Å²) in [6.45, 7) is 6.64. The largest absolute Gasteiger partial charge is 0.198 e. The lowest BCUT2D eigenvalue weighted by Crippen LogP contribution is -2.41. The van der Waals surface area contributed by atoms with E-state index in [9.17, 15) is 5.26 Å². The summed E-state index contributed by atoms with van der Waals surface area (Å²) in [4.78, 5) is 0. The lowest BCUT2D eigenvalue weighted by atomic mass is 9.53. The summed E-state index contributed by atoms with van der Waals surface area (Å²) in [7, 11) is 0. The predicted octanol–water partition coefficient (Wildman–Crippen LogP) is 3.73. The van der Waals surface area contributed by atoms with Gasteiger partial charge in [-0.05, 0) is 24.3 Å². The van der Waals surface area contributed by atoms with E-state index < -0.39 is 0 Å². The molecular formula is C15H18N2. The summed E-state index contributed by atoms with van der Waals surface area (Å²) in [6.07, 6.45) is 7.25. The fraction of sp³-hybridized carbons (Fsp3) is 0.600.